The molecule has 1 aromatic rings. The molecular weight excluding hydrogens is 260 g/mol. The van der Waals surface area contributed by atoms with E-state index in [0.717, 1.165) is 12.3 Å². The molecule has 2 atom stereocenters. The van der Waals surface area contributed by atoms with Gasteiger partial charge in [0.1, 0.15) is 5.75 Å². The summed E-state index contributed by atoms with van der Waals surface area (Å²) < 4.78 is 5.47. The minimum absolute atomic E-state index is 0.310. The lowest BCUT2D eigenvalue weighted by Crippen LogP contribution is -2.44. The second kappa shape index (κ2) is 7.81. The van der Waals surface area contributed by atoms with E-state index in [1.54, 1.807) is 7.11 Å². The van der Waals surface area contributed by atoms with Crippen LogP contribution >= 0.6 is 0 Å². The van der Waals surface area contributed by atoms with E-state index >= 15 is 0 Å². The summed E-state index contributed by atoms with van der Waals surface area (Å²) in [6, 6.07) is 9.23. The van der Waals surface area contributed by atoms with E-state index < -0.39 is 0 Å². The van der Waals surface area contributed by atoms with Gasteiger partial charge in [-0.25, -0.2) is 0 Å². The van der Waals surface area contributed by atoms with Crippen molar-refractivity contribution in [3.8, 4) is 5.75 Å². The molecule has 1 aliphatic heterocycles. The van der Waals surface area contributed by atoms with Crippen molar-refractivity contribution in [2.75, 3.05) is 26.7 Å². The molecule has 0 amide bonds. The van der Waals surface area contributed by atoms with Crippen LogP contribution in [0.1, 0.15) is 45.2 Å². The van der Waals surface area contributed by atoms with Crippen molar-refractivity contribution in [3.63, 3.8) is 0 Å². The molecule has 3 heteroatoms. The fourth-order valence-electron chi connectivity index (χ4n) is 3.29. The van der Waals surface area contributed by atoms with Crippen LogP contribution in [-0.2, 0) is 0 Å². The van der Waals surface area contributed by atoms with Gasteiger partial charge in [-0.2, -0.15) is 0 Å². The van der Waals surface area contributed by atoms with E-state index in [2.05, 4.69) is 43.1 Å². The molecule has 3 nitrogen and oxygen atoms in total. The molecule has 0 saturated carbocycles. The maximum absolute atomic E-state index is 5.47. The first-order valence-corrected chi connectivity index (χ1v) is 8.23. The molecule has 1 heterocycles. The molecule has 2 unspecified atom stereocenters. The monoisotopic (exact) mass is 290 g/mol. The summed E-state index contributed by atoms with van der Waals surface area (Å²) in [5, 5.41) is 3.71. The molecule has 1 fully saturated rings. The van der Waals surface area contributed by atoms with E-state index in [-0.39, 0.29) is 0 Å². The molecule has 2 rings (SSSR count). The molecule has 21 heavy (non-hydrogen) atoms. The first-order chi connectivity index (χ1) is 10.1. The SMILES string of the molecule is COc1ccccc1C(C)NCC(C(C)C)N1CCCC1. The normalized spacial score (nSPS) is 18.9. The number of hydrogen-bond acceptors (Lipinski definition) is 3. The summed E-state index contributed by atoms with van der Waals surface area (Å²) in [7, 11) is 1.74. The largest absolute Gasteiger partial charge is 0.496 e. The van der Waals surface area contributed by atoms with Gasteiger partial charge in [0.05, 0.1) is 7.11 Å². The number of likely N-dealkylation sites (tertiary alicyclic amines) is 1. The maximum atomic E-state index is 5.47. The Kier molecular flexibility index (Phi) is 6.07. The number of methoxy groups -OCH3 is 1. The van der Waals surface area contributed by atoms with E-state index in [9.17, 15) is 0 Å². The van der Waals surface area contributed by atoms with Gasteiger partial charge >= 0.3 is 0 Å². The predicted molar refractivity (Wildman–Crippen MR) is 88.8 cm³/mol. The van der Waals surface area contributed by atoms with Crippen LogP contribution < -0.4 is 10.1 Å². The number of rotatable bonds is 7. The van der Waals surface area contributed by atoms with Crippen molar-refractivity contribution in [1.29, 1.82) is 0 Å². The first-order valence-electron chi connectivity index (χ1n) is 8.23. The molecule has 0 aliphatic carbocycles. The van der Waals surface area contributed by atoms with E-state index in [1.807, 2.05) is 12.1 Å². The van der Waals surface area contributed by atoms with E-state index in [4.69, 9.17) is 4.74 Å². The Morgan fingerprint density at radius 3 is 2.43 bits per heavy atom. The number of benzene rings is 1. The highest BCUT2D eigenvalue weighted by Crippen LogP contribution is 2.25. The molecule has 118 valence electrons. The van der Waals surface area contributed by atoms with Gasteiger partial charge in [-0.3, -0.25) is 4.90 Å². The van der Waals surface area contributed by atoms with Crippen LogP contribution in [0.4, 0.5) is 0 Å². The number of hydrogen-bond donors (Lipinski definition) is 1. The van der Waals surface area contributed by atoms with Crippen molar-refractivity contribution in [2.24, 2.45) is 5.92 Å². The Bertz CT molecular complexity index is 427. The van der Waals surface area contributed by atoms with Gasteiger partial charge in [0, 0.05) is 24.2 Å². The Labute approximate surface area is 129 Å². The molecule has 1 aromatic carbocycles. The summed E-state index contributed by atoms with van der Waals surface area (Å²) in [5.74, 6) is 1.65. The summed E-state index contributed by atoms with van der Waals surface area (Å²) in [6.07, 6.45) is 2.70. The molecule has 0 radical (unpaired) electrons. The van der Waals surface area contributed by atoms with Crippen LogP contribution in [0.15, 0.2) is 24.3 Å². The lowest BCUT2D eigenvalue weighted by molar-refractivity contribution is 0.182. The van der Waals surface area contributed by atoms with Gasteiger partial charge in [-0.15, -0.1) is 0 Å². The molecule has 1 aliphatic rings. The van der Waals surface area contributed by atoms with Crippen molar-refractivity contribution in [3.05, 3.63) is 29.8 Å². The highest BCUT2D eigenvalue weighted by Gasteiger charge is 2.25. The molecule has 1 saturated heterocycles. The molecule has 0 aromatic heterocycles. The minimum Gasteiger partial charge on any atom is -0.496 e. The standard InChI is InChI=1S/C18H30N2O/c1-14(2)17(20-11-7-8-12-20)13-19-15(3)16-9-5-6-10-18(16)21-4/h5-6,9-10,14-15,17,19H,7-8,11-13H2,1-4H3. The number of ether oxygens (including phenoxy) is 1. The Morgan fingerprint density at radius 1 is 1.14 bits per heavy atom. The molecule has 0 spiro atoms. The van der Waals surface area contributed by atoms with Crippen LogP contribution in [0.2, 0.25) is 0 Å². The summed E-state index contributed by atoms with van der Waals surface area (Å²) >= 11 is 0. The Hall–Kier alpha value is -1.06. The molecule has 0 bridgehead atoms. The lowest BCUT2D eigenvalue weighted by atomic mass is 10.0. The van der Waals surface area contributed by atoms with Crippen molar-refractivity contribution >= 4 is 0 Å². The lowest BCUT2D eigenvalue weighted by Gasteiger charge is -2.32. The maximum Gasteiger partial charge on any atom is 0.123 e. The average Bonchev–Trinajstić information content (AvgIpc) is 3.01. The third-order valence-electron chi connectivity index (χ3n) is 4.62. The number of nitrogens with one attached hydrogen (secondary N) is 1. The van der Waals surface area contributed by atoms with Crippen molar-refractivity contribution in [1.82, 2.24) is 10.2 Å². The van der Waals surface area contributed by atoms with Crippen molar-refractivity contribution in [2.45, 2.75) is 45.7 Å². The van der Waals surface area contributed by atoms with Gasteiger partial charge in [0.15, 0.2) is 0 Å². The summed E-state index contributed by atoms with van der Waals surface area (Å²) in [4.78, 5) is 2.65. The second-order valence-corrected chi connectivity index (χ2v) is 6.43. The number of nitrogens with zero attached hydrogens (tertiary/aromatic N) is 1. The van der Waals surface area contributed by atoms with Gasteiger partial charge in [0.2, 0.25) is 0 Å². The molecule has 1 N–H and O–H groups in total. The molecular formula is C18H30N2O. The van der Waals surface area contributed by atoms with Crippen LogP contribution in [0.3, 0.4) is 0 Å². The summed E-state index contributed by atoms with van der Waals surface area (Å²) in [5.41, 5.74) is 1.24. The fraction of sp³-hybridized carbons (Fsp3) is 0.667. The third-order valence-corrected chi connectivity index (χ3v) is 4.62. The zero-order valence-corrected chi connectivity index (χ0v) is 13.9. The highest BCUT2D eigenvalue weighted by atomic mass is 16.5. The summed E-state index contributed by atoms with van der Waals surface area (Å²) in [6.45, 7) is 10.4. The van der Waals surface area contributed by atoms with Crippen LogP contribution in [0, 0.1) is 5.92 Å². The minimum atomic E-state index is 0.310. The Morgan fingerprint density at radius 2 is 1.81 bits per heavy atom. The van der Waals surface area contributed by atoms with E-state index in [1.165, 1.54) is 31.5 Å². The topological polar surface area (TPSA) is 24.5 Å². The number of para-hydroxylation sites is 1. The Balaban J connectivity index is 1.96. The second-order valence-electron chi connectivity index (χ2n) is 6.43. The first kappa shape index (κ1) is 16.3. The van der Waals surface area contributed by atoms with Crippen LogP contribution in [-0.4, -0.2) is 37.7 Å². The van der Waals surface area contributed by atoms with Crippen LogP contribution in [0.5, 0.6) is 5.75 Å². The zero-order valence-electron chi connectivity index (χ0n) is 13.9. The smallest absolute Gasteiger partial charge is 0.123 e. The van der Waals surface area contributed by atoms with Gasteiger partial charge in [-0.1, -0.05) is 32.0 Å². The van der Waals surface area contributed by atoms with E-state index in [0.29, 0.717) is 18.0 Å². The zero-order chi connectivity index (χ0) is 15.2. The highest BCUT2D eigenvalue weighted by molar-refractivity contribution is 5.35. The fourth-order valence-corrected chi connectivity index (χ4v) is 3.29. The quantitative estimate of drug-likeness (QED) is 0.832. The van der Waals surface area contributed by atoms with Crippen LogP contribution in [0.25, 0.3) is 0 Å². The average molecular weight is 290 g/mol. The van der Waals surface area contributed by atoms with Gasteiger partial charge in [-0.05, 0) is 44.8 Å². The van der Waals surface area contributed by atoms with Gasteiger partial charge < -0.3 is 10.1 Å². The van der Waals surface area contributed by atoms with Gasteiger partial charge in [0.25, 0.3) is 0 Å². The van der Waals surface area contributed by atoms with Crippen molar-refractivity contribution < 1.29 is 4.74 Å². The predicted octanol–water partition coefficient (Wildman–Crippen LogP) is 3.47. The third kappa shape index (κ3) is 4.21.